The summed E-state index contributed by atoms with van der Waals surface area (Å²) in [5.41, 5.74) is 4.81. The van der Waals surface area contributed by atoms with E-state index < -0.39 is 0 Å². The van der Waals surface area contributed by atoms with E-state index in [-0.39, 0.29) is 41.7 Å². The molecule has 0 atom stereocenters. The molecule has 2 saturated heterocycles. The molecule has 4 aliphatic rings. The first-order valence-corrected chi connectivity index (χ1v) is 22.2. The number of piperidine rings is 1. The summed E-state index contributed by atoms with van der Waals surface area (Å²) in [6, 6.07) is 14.3. The molecule has 1 aromatic heterocycles. The van der Waals surface area contributed by atoms with Crippen molar-refractivity contribution in [3.63, 3.8) is 0 Å². The summed E-state index contributed by atoms with van der Waals surface area (Å²) in [5.74, 6) is 0.406. The number of likely N-dealkylation sites (tertiary alicyclic amines) is 1. The van der Waals surface area contributed by atoms with Crippen LogP contribution in [0.3, 0.4) is 0 Å². The van der Waals surface area contributed by atoms with Crippen LogP contribution in [0.2, 0.25) is 0 Å². The Morgan fingerprint density at radius 1 is 1.05 bits per heavy atom. The van der Waals surface area contributed by atoms with E-state index in [2.05, 4.69) is 65.6 Å². The van der Waals surface area contributed by atoms with Crippen molar-refractivity contribution in [1.82, 2.24) is 25.0 Å². The van der Waals surface area contributed by atoms with Gasteiger partial charge in [-0.2, -0.15) is 0 Å². The number of aryl methyl sites for hydroxylation is 1. The first kappa shape index (κ1) is 43.0. The van der Waals surface area contributed by atoms with Gasteiger partial charge in [-0.25, -0.2) is 0 Å². The zero-order valence-electron chi connectivity index (χ0n) is 34.3. The molecule has 0 bridgehead atoms. The van der Waals surface area contributed by atoms with Gasteiger partial charge in [0.05, 0.1) is 49.6 Å². The number of nitrogens with zero attached hydrogens (tertiary/aromatic N) is 4. The van der Waals surface area contributed by atoms with E-state index in [1.807, 2.05) is 24.0 Å². The highest BCUT2D eigenvalue weighted by Gasteiger charge is 2.41. The summed E-state index contributed by atoms with van der Waals surface area (Å²) < 4.78 is 18.8. The van der Waals surface area contributed by atoms with Gasteiger partial charge in [0, 0.05) is 56.0 Å². The van der Waals surface area contributed by atoms with E-state index in [1.165, 1.54) is 17.5 Å². The van der Waals surface area contributed by atoms with Crippen molar-refractivity contribution in [3.8, 4) is 11.5 Å². The van der Waals surface area contributed by atoms with Crippen LogP contribution in [0, 0.1) is 6.92 Å². The molecule has 1 spiro atoms. The molecule has 3 fully saturated rings. The molecule has 318 valence electrons. The van der Waals surface area contributed by atoms with Crippen molar-refractivity contribution in [2.75, 3.05) is 77.6 Å². The normalized spacial score (nSPS) is 18.3. The largest absolute Gasteiger partial charge is 0.506 e. The van der Waals surface area contributed by atoms with Crippen LogP contribution < -0.4 is 15.4 Å². The van der Waals surface area contributed by atoms with Crippen LogP contribution >= 0.6 is 15.9 Å². The lowest BCUT2D eigenvalue weighted by molar-refractivity contribution is -0.135. The summed E-state index contributed by atoms with van der Waals surface area (Å²) in [6.07, 6.45) is 10.9. The standard InChI is InChI=1S/C45H59BrN6O7/c1-32-38(27-36(46)28-48-32)44(56)51-22-25-59-45(31-51)15-19-50(20-16-45)29-34-7-5-6-33(26-34)13-23-57-24-14-41(55)52(37-8-3-2-4-9-37)21-18-47-17-12-35-10-11-39(53)42-43(35)58-30-40(54)49-42/h5-7,10-11,26-28,37,47,53H,2-4,8-9,12-25,29-31H2,1H3,(H,49,54). The number of amides is 3. The van der Waals surface area contributed by atoms with Crippen molar-refractivity contribution in [3.05, 3.63) is 81.1 Å². The molecule has 3 N–H and O–H groups in total. The minimum absolute atomic E-state index is 0.00555. The average molecular weight is 876 g/mol. The molecular formula is C45H59BrN6O7. The van der Waals surface area contributed by atoms with Crippen molar-refractivity contribution in [2.45, 2.75) is 89.3 Å². The van der Waals surface area contributed by atoms with E-state index in [0.717, 1.165) is 80.3 Å². The Kier molecular flexibility index (Phi) is 14.9. The fourth-order valence-electron chi connectivity index (χ4n) is 8.93. The van der Waals surface area contributed by atoms with E-state index in [4.69, 9.17) is 14.2 Å². The molecule has 3 amide bonds. The summed E-state index contributed by atoms with van der Waals surface area (Å²) in [7, 11) is 0. The van der Waals surface area contributed by atoms with E-state index in [1.54, 1.807) is 12.3 Å². The number of hydrogen-bond acceptors (Lipinski definition) is 10. The Balaban J connectivity index is 0.815. The molecule has 2 aromatic carbocycles. The molecule has 0 unspecified atom stereocenters. The first-order chi connectivity index (χ1) is 28.7. The SMILES string of the molecule is Cc1ncc(Br)cc1C(=O)N1CCOC2(CCN(Cc3cccc(CCOCCC(=O)N(CCNCCc4ccc(O)c5c4OCC(=O)N5)C4CCCCC4)c3)CC2)C1. The molecule has 1 aliphatic carbocycles. The number of carbonyl (C=O) groups is 3. The fraction of sp³-hybridized carbons (Fsp3) is 0.556. The van der Waals surface area contributed by atoms with Crippen LogP contribution in [0.1, 0.15) is 84.1 Å². The van der Waals surface area contributed by atoms with Gasteiger partial charge in [-0.1, -0.05) is 49.6 Å². The summed E-state index contributed by atoms with van der Waals surface area (Å²) in [6.45, 7) is 9.20. The molecule has 3 aromatic rings. The maximum absolute atomic E-state index is 13.6. The van der Waals surface area contributed by atoms with Gasteiger partial charge in [-0.05, 0) is 96.7 Å². The smallest absolute Gasteiger partial charge is 0.262 e. The van der Waals surface area contributed by atoms with E-state index >= 15 is 0 Å². The summed E-state index contributed by atoms with van der Waals surface area (Å²) in [5, 5.41) is 16.3. The fourth-order valence-corrected chi connectivity index (χ4v) is 9.26. The first-order valence-electron chi connectivity index (χ1n) is 21.4. The van der Waals surface area contributed by atoms with Crippen LogP contribution in [0.15, 0.2) is 53.1 Å². The van der Waals surface area contributed by atoms with Gasteiger partial charge in [0.25, 0.3) is 11.8 Å². The quantitative estimate of drug-likeness (QED) is 0.122. The van der Waals surface area contributed by atoms with E-state index in [9.17, 15) is 19.5 Å². The molecule has 13 nitrogen and oxygen atoms in total. The molecule has 59 heavy (non-hydrogen) atoms. The van der Waals surface area contributed by atoms with Gasteiger partial charge >= 0.3 is 0 Å². The number of halogens is 1. The Bertz CT molecular complexity index is 1930. The minimum atomic E-state index is -0.308. The number of phenols is 1. The van der Waals surface area contributed by atoms with E-state index in [0.29, 0.717) is 82.4 Å². The second-order valence-corrected chi connectivity index (χ2v) is 17.3. The highest BCUT2D eigenvalue weighted by Crippen LogP contribution is 2.39. The zero-order chi connectivity index (χ0) is 41.2. The number of phenolic OH excluding ortho intramolecular Hbond substituents is 1. The maximum atomic E-state index is 13.6. The van der Waals surface area contributed by atoms with Crippen molar-refractivity contribution in [2.24, 2.45) is 0 Å². The maximum Gasteiger partial charge on any atom is 0.262 e. The van der Waals surface area contributed by atoms with Crippen molar-refractivity contribution in [1.29, 1.82) is 0 Å². The average Bonchev–Trinajstić information content (AvgIpc) is 3.25. The second kappa shape index (κ2) is 20.5. The molecule has 0 radical (unpaired) electrons. The number of nitrogens with one attached hydrogen (secondary N) is 2. The molecule has 7 rings (SSSR count). The predicted molar refractivity (Wildman–Crippen MR) is 229 cm³/mol. The van der Waals surface area contributed by atoms with Crippen LogP contribution in [0.25, 0.3) is 0 Å². The number of carbonyl (C=O) groups excluding carboxylic acids is 3. The molecule has 1 saturated carbocycles. The Labute approximate surface area is 356 Å². The third kappa shape index (κ3) is 11.4. The lowest BCUT2D eigenvalue weighted by atomic mass is 9.88. The van der Waals surface area contributed by atoms with Crippen molar-refractivity contribution >= 4 is 39.3 Å². The number of aromatic nitrogens is 1. The Morgan fingerprint density at radius 2 is 1.86 bits per heavy atom. The second-order valence-electron chi connectivity index (χ2n) is 16.4. The van der Waals surface area contributed by atoms with Crippen LogP contribution in [0.5, 0.6) is 11.5 Å². The number of benzene rings is 2. The lowest BCUT2D eigenvalue weighted by Crippen LogP contribution is -2.58. The zero-order valence-corrected chi connectivity index (χ0v) is 35.9. The monoisotopic (exact) mass is 874 g/mol. The number of aromatic hydroxyl groups is 1. The lowest BCUT2D eigenvalue weighted by Gasteiger charge is -2.47. The number of pyridine rings is 1. The number of rotatable bonds is 16. The van der Waals surface area contributed by atoms with Gasteiger partial charge < -0.3 is 39.8 Å². The van der Waals surface area contributed by atoms with Gasteiger partial charge in [0.15, 0.2) is 12.4 Å². The van der Waals surface area contributed by atoms with Gasteiger partial charge in [-0.3, -0.25) is 24.3 Å². The number of ether oxygens (including phenoxy) is 3. The topological polar surface area (TPSA) is 146 Å². The van der Waals surface area contributed by atoms with Gasteiger partial charge in [-0.15, -0.1) is 0 Å². The minimum Gasteiger partial charge on any atom is -0.506 e. The highest BCUT2D eigenvalue weighted by molar-refractivity contribution is 9.10. The number of morpholine rings is 1. The van der Waals surface area contributed by atoms with Gasteiger partial charge in [0.2, 0.25) is 5.91 Å². The third-order valence-corrected chi connectivity index (χ3v) is 12.7. The molecule has 4 heterocycles. The number of fused-ring (bicyclic) bond motifs is 1. The van der Waals surface area contributed by atoms with Crippen LogP contribution in [-0.2, 0) is 38.4 Å². The Hall–Kier alpha value is -4.08. The summed E-state index contributed by atoms with van der Waals surface area (Å²) in [4.78, 5) is 49.6. The predicted octanol–water partition coefficient (Wildman–Crippen LogP) is 5.64. The Morgan fingerprint density at radius 3 is 2.69 bits per heavy atom. The molecule has 3 aliphatic heterocycles. The number of hydrogen-bond donors (Lipinski definition) is 3. The third-order valence-electron chi connectivity index (χ3n) is 12.2. The number of anilines is 1. The highest BCUT2D eigenvalue weighted by atomic mass is 79.9. The van der Waals surface area contributed by atoms with Crippen molar-refractivity contribution < 1.29 is 33.7 Å². The van der Waals surface area contributed by atoms with Gasteiger partial charge in [0.1, 0.15) is 11.4 Å². The molecular weight excluding hydrogens is 816 g/mol. The van der Waals surface area contributed by atoms with Crippen LogP contribution in [0.4, 0.5) is 5.69 Å². The molecule has 14 heteroatoms. The summed E-state index contributed by atoms with van der Waals surface area (Å²) >= 11 is 3.46. The van der Waals surface area contributed by atoms with Crippen LogP contribution in [-0.4, -0.2) is 126 Å².